The molecule has 0 N–H and O–H groups in total. The Hall–Kier alpha value is -1.76. The number of ether oxygens (including phenoxy) is 1. The van der Waals surface area contributed by atoms with Crippen LogP contribution in [0.4, 0.5) is 18.0 Å². The van der Waals surface area contributed by atoms with Crippen molar-refractivity contribution in [2.24, 2.45) is 0 Å². The number of amides is 1. The number of hydrogen-bond donors (Lipinski definition) is 0. The SMILES string of the molecule is CC(C)(C)OC(=O)N1CCN2Cc3c(cccc3C(F)(F)F)[C@@H]2C1. The minimum atomic E-state index is -4.36. The van der Waals surface area contributed by atoms with E-state index in [4.69, 9.17) is 4.74 Å². The lowest BCUT2D eigenvalue weighted by Gasteiger charge is -2.38. The van der Waals surface area contributed by atoms with Gasteiger partial charge in [-0.05, 0) is 38.0 Å². The molecule has 24 heavy (non-hydrogen) atoms. The molecule has 7 heteroatoms. The van der Waals surface area contributed by atoms with Crippen LogP contribution in [0.2, 0.25) is 0 Å². The van der Waals surface area contributed by atoms with E-state index in [9.17, 15) is 18.0 Å². The van der Waals surface area contributed by atoms with Crippen LogP contribution >= 0.6 is 0 Å². The molecule has 1 fully saturated rings. The normalized spacial score (nSPS) is 21.4. The van der Waals surface area contributed by atoms with Gasteiger partial charge >= 0.3 is 12.3 Å². The second-order valence-corrected chi connectivity index (χ2v) is 7.28. The van der Waals surface area contributed by atoms with Crippen LogP contribution in [0.25, 0.3) is 0 Å². The molecule has 0 saturated carbocycles. The van der Waals surface area contributed by atoms with E-state index in [2.05, 4.69) is 0 Å². The molecule has 1 aromatic carbocycles. The summed E-state index contributed by atoms with van der Waals surface area (Å²) < 4.78 is 45.0. The number of hydrogen-bond acceptors (Lipinski definition) is 3. The Morgan fingerprint density at radius 2 is 1.92 bits per heavy atom. The first-order valence-corrected chi connectivity index (χ1v) is 7.97. The van der Waals surface area contributed by atoms with E-state index >= 15 is 0 Å². The monoisotopic (exact) mass is 342 g/mol. The van der Waals surface area contributed by atoms with Crippen LogP contribution < -0.4 is 0 Å². The zero-order valence-corrected chi connectivity index (χ0v) is 14.0. The minimum Gasteiger partial charge on any atom is -0.444 e. The lowest BCUT2D eigenvalue weighted by molar-refractivity contribution is -0.138. The van der Waals surface area contributed by atoms with Crippen molar-refractivity contribution in [1.29, 1.82) is 0 Å². The van der Waals surface area contributed by atoms with Gasteiger partial charge in [-0.25, -0.2) is 4.79 Å². The highest BCUT2D eigenvalue weighted by molar-refractivity contribution is 5.68. The number of benzene rings is 1. The summed E-state index contributed by atoms with van der Waals surface area (Å²) in [5, 5.41) is 0. The second-order valence-electron chi connectivity index (χ2n) is 7.28. The van der Waals surface area contributed by atoms with Crippen molar-refractivity contribution < 1.29 is 22.7 Å². The number of halogens is 3. The number of alkyl halides is 3. The Morgan fingerprint density at radius 1 is 1.21 bits per heavy atom. The molecule has 0 bridgehead atoms. The molecule has 0 spiro atoms. The van der Waals surface area contributed by atoms with Crippen LogP contribution in [0, 0.1) is 0 Å². The maximum Gasteiger partial charge on any atom is 0.416 e. The molecular formula is C17H21F3N2O2. The molecular weight excluding hydrogens is 321 g/mol. The Bertz CT molecular complexity index is 652. The third-order valence-electron chi connectivity index (χ3n) is 4.38. The zero-order chi connectivity index (χ0) is 17.7. The van der Waals surface area contributed by atoms with Gasteiger partial charge in [-0.3, -0.25) is 4.90 Å². The van der Waals surface area contributed by atoms with Crippen LogP contribution in [-0.2, 0) is 17.5 Å². The molecule has 1 amide bonds. The average molecular weight is 342 g/mol. The van der Waals surface area contributed by atoms with E-state index < -0.39 is 23.4 Å². The lowest BCUT2D eigenvalue weighted by Crippen LogP contribution is -2.49. The number of carbonyl (C=O) groups excluding carboxylic acids is 1. The standard InChI is InChI=1S/C17H21F3N2O2/c1-16(2,3)24-15(23)22-8-7-21-9-12-11(14(21)10-22)5-4-6-13(12)17(18,19)20/h4-6,14H,7-10H2,1-3H3/t14-/m0/s1. The van der Waals surface area contributed by atoms with Gasteiger partial charge in [0.25, 0.3) is 0 Å². The summed E-state index contributed by atoms with van der Waals surface area (Å²) in [6, 6.07) is 4.09. The first-order chi connectivity index (χ1) is 11.1. The highest BCUT2D eigenvalue weighted by Gasteiger charge is 2.42. The van der Waals surface area contributed by atoms with Gasteiger partial charge in [-0.1, -0.05) is 12.1 Å². The summed E-state index contributed by atoms with van der Waals surface area (Å²) in [4.78, 5) is 15.8. The minimum absolute atomic E-state index is 0.205. The molecule has 1 saturated heterocycles. The summed E-state index contributed by atoms with van der Waals surface area (Å²) in [5.74, 6) is 0. The second kappa shape index (κ2) is 5.65. The van der Waals surface area contributed by atoms with Crippen molar-refractivity contribution in [3.63, 3.8) is 0 Å². The van der Waals surface area contributed by atoms with E-state index in [1.165, 1.54) is 6.07 Å². The Balaban J connectivity index is 1.83. The Morgan fingerprint density at radius 3 is 2.54 bits per heavy atom. The fourth-order valence-electron chi connectivity index (χ4n) is 3.36. The smallest absolute Gasteiger partial charge is 0.416 e. The van der Waals surface area contributed by atoms with Gasteiger partial charge in [0.05, 0.1) is 11.6 Å². The van der Waals surface area contributed by atoms with Crippen molar-refractivity contribution in [2.45, 2.75) is 45.1 Å². The molecule has 2 aliphatic rings. The van der Waals surface area contributed by atoms with Crippen LogP contribution in [0.5, 0.6) is 0 Å². The van der Waals surface area contributed by atoms with Crippen molar-refractivity contribution in [2.75, 3.05) is 19.6 Å². The first-order valence-electron chi connectivity index (χ1n) is 7.97. The number of fused-ring (bicyclic) bond motifs is 3. The summed E-state index contributed by atoms with van der Waals surface area (Å²) in [6.07, 6.45) is -4.77. The van der Waals surface area contributed by atoms with Crippen molar-refractivity contribution in [3.8, 4) is 0 Å². The Labute approximate surface area is 139 Å². The molecule has 2 heterocycles. The maximum absolute atomic E-state index is 13.2. The Kier molecular flexibility index (Phi) is 4.02. The molecule has 4 nitrogen and oxygen atoms in total. The van der Waals surface area contributed by atoms with Gasteiger partial charge in [0, 0.05) is 26.2 Å². The maximum atomic E-state index is 13.2. The topological polar surface area (TPSA) is 32.8 Å². The zero-order valence-electron chi connectivity index (χ0n) is 14.0. The summed E-state index contributed by atoms with van der Waals surface area (Å²) >= 11 is 0. The van der Waals surface area contributed by atoms with Gasteiger partial charge in [0.15, 0.2) is 0 Å². The van der Waals surface area contributed by atoms with Gasteiger partial charge in [-0.15, -0.1) is 0 Å². The quantitative estimate of drug-likeness (QED) is 0.719. The fraction of sp³-hybridized carbons (Fsp3) is 0.588. The molecule has 0 aliphatic carbocycles. The molecule has 0 unspecified atom stereocenters. The van der Waals surface area contributed by atoms with E-state index in [0.29, 0.717) is 30.8 Å². The van der Waals surface area contributed by atoms with Gasteiger partial charge < -0.3 is 9.64 Å². The van der Waals surface area contributed by atoms with E-state index in [0.717, 1.165) is 6.07 Å². The van der Waals surface area contributed by atoms with Crippen molar-refractivity contribution in [1.82, 2.24) is 9.80 Å². The van der Waals surface area contributed by atoms with Gasteiger partial charge in [0.1, 0.15) is 5.60 Å². The van der Waals surface area contributed by atoms with Crippen molar-refractivity contribution in [3.05, 3.63) is 34.9 Å². The van der Waals surface area contributed by atoms with Crippen molar-refractivity contribution >= 4 is 6.09 Å². The van der Waals surface area contributed by atoms with E-state index in [1.807, 2.05) is 4.90 Å². The molecule has 1 aromatic rings. The summed E-state index contributed by atoms with van der Waals surface area (Å²) in [6.45, 7) is 7.00. The highest BCUT2D eigenvalue weighted by Crippen LogP contribution is 2.42. The third kappa shape index (κ3) is 3.22. The van der Waals surface area contributed by atoms with Crippen LogP contribution in [0.3, 0.4) is 0 Å². The molecule has 3 rings (SSSR count). The third-order valence-corrected chi connectivity index (χ3v) is 4.38. The predicted octanol–water partition coefficient (Wildman–Crippen LogP) is 3.81. The highest BCUT2D eigenvalue weighted by atomic mass is 19.4. The lowest BCUT2D eigenvalue weighted by atomic mass is 9.99. The van der Waals surface area contributed by atoms with Gasteiger partial charge in [-0.2, -0.15) is 13.2 Å². The largest absolute Gasteiger partial charge is 0.444 e. The van der Waals surface area contributed by atoms with Gasteiger partial charge in [0.2, 0.25) is 0 Å². The molecule has 1 atom stereocenters. The molecule has 132 valence electrons. The number of rotatable bonds is 0. The average Bonchev–Trinajstić information content (AvgIpc) is 2.81. The van der Waals surface area contributed by atoms with Crippen LogP contribution in [0.1, 0.15) is 43.5 Å². The number of carbonyl (C=O) groups is 1. The molecule has 0 aromatic heterocycles. The predicted molar refractivity (Wildman–Crippen MR) is 82.4 cm³/mol. The molecule has 0 radical (unpaired) electrons. The first kappa shape index (κ1) is 17.1. The number of nitrogens with zero attached hydrogens (tertiary/aromatic N) is 2. The fourth-order valence-corrected chi connectivity index (χ4v) is 3.36. The molecule has 2 aliphatic heterocycles. The van der Waals surface area contributed by atoms with E-state index in [-0.39, 0.29) is 12.6 Å². The number of piperazine rings is 1. The summed E-state index contributed by atoms with van der Waals surface area (Å²) in [7, 11) is 0. The van der Waals surface area contributed by atoms with Crippen LogP contribution in [0.15, 0.2) is 18.2 Å². The van der Waals surface area contributed by atoms with Crippen LogP contribution in [-0.4, -0.2) is 41.1 Å². The summed E-state index contributed by atoms with van der Waals surface area (Å²) in [5.41, 5.74) is -0.164. The van der Waals surface area contributed by atoms with E-state index in [1.54, 1.807) is 31.7 Å².